The standard InChI is InChI=1S/C20H17NO5/c1-24-19(22)14-9-10-25-17(14)11-26-20(23)18-12-5-2-3-7-15(12)21-16-8-4-6-13(16)18/h2-3,5,7,9-10H,4,6,8,11H2,1H3. The van der Waals surface area contributed by atoms with Crippen molar-refractivity contribution >= 4 is 22.8 Å². The fourth-order valence-electron chi connectivity index (χ4n) is 3.39. The van der Waals surface area contributed by atoms with Gasteiger partial charge >= 0.3 is 11.9 Å². The second kappa shape index (κ2) is 6.63. The topological polar surface area (TPSA) is 78.6 Å². The van der Waals surface area contributed by atoms with E-state index >= 15 is 0 Å². The lowest BCUT2D eigenvalue weighted by Gasteiger charge is -2.12. The van der Waals surface area contributed by atoms with Crippen molar-refractivity contribution in [3.05, 3.63) is 64.7 Å². The number of ether oxygens (including phenoxy) is 2. The Morgan fingerprint density at radius 2 is 2.00 bits per heavy atom. The van der Waals surface area contributed by atoms with Crippen molar-refractivity contribution in [1.82, 2.24) is 4.98 Å². The number of benzene rings is 1. The van der Waals surface area contributed by atoms with E-state index in [1.54, 1.807) is 0 Å². The number of hydrogen-bond acceptors (Lipinski definition) is 6. The molecular weight excluding hydrogens is 334 g/mol. The summed E-state index contributed by atoms with van der Waals surface area (Å²) in [5.74, 6) is -0.700. The molecule has 2 heterocycles. The van der Waals surface area contributed by atoms with Crippen LogP contribution < -0.4 is 0 Å². The highest BCUT2D eigenvalue weighted by Crippen LogP contribution is 2.30. The van der Waals surface area contributed by atoms with Gasteiger partial charge in [0.2, 0.25) is 0 Å². The normalized spacial score (nSPS) is 12.8. The first-order chi connectivity index (χ1) is 12.7. The van der Waals surface area contributed by atoms with E-state index in [-0.39, 0.29) is 17.9 Å². The summed E-state index contributed by atoms with van der Waals surface area (Å²) in [5.41, 5.74) is 3.53. The summed E-state index contributed by atoms with van der Waals surface area (Å²) in [6.45, 7) is -0.137. The number of hydrogen-bond donors (Lipinski definition) is 0. The highest BCUT2D eigenvalue weighted by atomic mass is 16.5. The molecule has 3 aromatic rings. The van der Waals surface area contributed by atoms with Crippen molar-refractivity contribution in [1.29, 1.82) is 0 Å². The fourth-order valence-corrected chi connectivity index (χ4v) is 3.39. The van der Waals surface area contributed by atoms with E-state index in [1.165, 1.54) is 19.4 Å². The number of nitrogens with zero attached hydrogens (tertiary/aromatic N) is 1. The first-order valence-electron chi connectivity index (χ1n) is 8.41. The van der Waals surface area contributed by atoms with Gasteiger partial charge in [-0.3, -0.25) is 4.98 Å². The number of aryl methyl sites for hydroxylation is 1. The highest BCUT2D eigenvalue weighted by Gasteiger charge is 2.25. The average molecular weight is 351 g/mol. The molecule has 4 rings (SSSR count). The van der Waals surface area contributed by atoms with Crippen LogP contribution in [0, 0.1) is 0 Å². The molecule has 6 heteroatoms. The van der Waals surface area contributed by atoms with Crippen LogP contribution >= 0.6 is 0 Å². The lowest BCUT2D eigenvalue weighted by molar-refractivity contribution is 0.0433. The minimum Gasteiger partial charge on any atom is -0.465 e. The van der Waals surface area contributed by atoms with Crippen molar-refractivity contribution in [2.45, 2.75) is 25.9 Å². The molecule has 2 aromatic heterocycles. The van der Waals surface area contributed by atoms with Crippen LogP contribution in [0.15, 0.2) is 41.0 Å². The Balaban J connectivity index is 1.66. The number of esters is 2. The van der Waals surface area contributed by atoms with Crippen molar-refractivity contribution in [3.8, 4) is 0 Å². The van der Waals surface area contributed by atoms with E-state index in [9.17, 15) is 9.59 Å². The zero-order chi connectivity index (χ0) is 18.1. The van der Waals surface area contributed by atoms with Crippen LogP contribution in [0.4, 0.5) is 0 Å². The first kappa shape index (κ1) is 16.3. The van der Waals surface area contributed by atoms with Gasteiger partial charge in [-0.05, 0) is 37.0 Å². The molecule has 0 atom stereocenters. The Labute approximate surface area is 149 Å². The van der Waals surface area contributed by atoms with E-state index in [1.807, 2.05) is 24.3 Å². The molecule has 26 heavy (non-hydrogen) atoms. The minimum absolute atomic E-state index is 0.137. The third-order valence-electron chi connectivity index (χ3n) is 4.61. The number of fused-ring (bicyclic) bond motifs is 2. The molecule has 132 valence electrons. The van der Waals surface area contributed by atoms with E-state index in [4.69, 9.17) is 13.9 Å². The Hall–Kier alpha value is -3.15. The SMILES string of the molecule is COC(=O)c1ccoc1COC(=O)c1c2c(nc3ccccc13)CCC2. The Morgan fingerprint density at radius 3 is 2.85 bits per heavy atom. The van der Waals surface area contributed by atoms with Gasteiger partial charge in [-0.25, -0.2) is 9.59 Å². The van der Waals surface area contributed by atoms with Crippen LogP contribution in [0.3, 0.4) is 0 Å². The predicted octanol–water partition coefficient (Wildman–Crippen LogP) is 3.46. The van der Waals surface area contributed by atoms with Gasteiger partial charge in [-0.1, -0.05) is 18.2 Å². The van der Waals surface area contributed by atoms with Gasteiger partial charge in [0, 0.05) is 11.1 Å². The molecule has 6 nitrogen and oxygen atoms in total. The fraction of sp³-hybridized carbons (Fsp3) is 0.250. The predicted molar refractivity (Wildman–Crippen MR) is 92.9 cm³/mol. The quantitative estimate of drug-likeness (QED) is 0.670. The average Bonchev–Trinajstić information content (AvgIpc) is 3.32. The summed E-state index contributed by atoms with van der Waals surface area (Å²) in [6, 6.07) is 9.05. The molecule has 1 aliphatic rings. The maximum absolute atomic E-state index is 12.9. The summed E-state index contributed by atoms with van der Waals surface area (Å²) in [6.07, 6.45) is 4.02. The number of carbonyl (C=O) groups excluding carboxylic acids is 2. The molecule has 0 aliphatic heterocycles. The van der Waals surface area contributed by atoms with Gasteiger partial charge in [0.15, 0.2) is 12.4 Å². The number of pyridine rings is 1. The second-order valence-electron chi connectivity index (χ2n) is 6.11. The highest BCUT2D eigenvalue weighted by molar-refractivity contribution is 6.05. The number of furan rings is 1. The zero-order valence-electron chi connectivity index (χ0n) is 14.3. The summed E-state index contributed by atoms with van der Waals surface area (Å²) < 4.78 is 15.4. The Kier molecular flexibility index (Phi) is 4.16. The van der Waals surface area contributed by atoms with Crippen LogP contribution in [-0.4, -0.2) is 24.0 Å². The van der Waals surface area contributed by atoms with Gasteiger partial charge in [0.1, 0.15) is 5.56 Å². The van der Waals surface area contributed by atoms with Crippen LogP contribution in [0.2, 0.25) is 0 Å². The van der Waals surface area contributed by atoms with E-state index in [0.717, 1.165) is 41.4 Å². The molecule has 0 unspecified atom stereocenters. The lowest BCUT2D eigenvalue weighted by atomic mass is 10.0. The molecule has 0 bridgehead atoms. The Morgan fingerprint density at radius 1 is 1.15 bits per heavy atom. The van der Waals surface area contributed by atoms with Gasteiger partial charge < -0.3 is 13.9 Å². The molecule has 0 fully saturated rings. The minimum atomic E-state index is -0.528. The van der Waals surface area contributed by atoms with Crippen LogP contribution in [0.25, 0.3) is 10.9 Å². The largest absolute Gasteiger partial charge is 0.465 e. The van der Waals surface area contributed by atoms with E-state index in [0.29, 0.717) is 5.56 Å². The van der Waals surface area contributed by atoms with Gasteiger partial charge in [0.05, 0.1) is 24.5 Å². The summed E-state index contributed by atoms with van der Waals surface area (Å²) in [5, 5.41) is 0.783. The number of carbonyl (C=O) groups is 2. The van der Waals surface area contributed by atoms with Gasteiger partial charge in [-0.15, -0.1) is 0 Å². The third kappa shape index (κ3) is 2.73. The van der Waals surface area contributed by atoms with Crippen LogP contribution in [0.1, 0.15) is 44.2 Å². The van der Waals surface area contributed by atoms with Crippen LogP contribution in [-0.2, 0) is 28.9 Å². The maximum Gasteiger partial charge on any atom is 0.341 e. The number of aromatic nitrogens is 1. The molecule has 0 amide bonds. The molecule has 0 N–H and O–H groups in total. The monoisotopic (exact) mass is 351 g/mol. The maximum atomic E-state index is 12.9. The molecule has 1 aromatic carbocycles. The first-order valence-corrected chi connectivity index (χ1v) is 8.41. The molecule has 1 aliphatic carbocycles. The van der Waals surface area contributed by atoms with Gasteiger partial charge in [0.25, 0.3) is 0 Å². The van der Waals surface area contributed by atoms with Crippen molar-refractivity contribution in [2.24, 2.45) is 0 Å². The Bertz CT molecular complexity index is 1000. The number of rotatable bonds is 4. The molecule has 0 radical (unpaired) electrons. The number of methoxy groups -OCH3 is 1. The van der Waals surface area contributed by atoms with Crippen molar-refractivity contribution < 1.29 is 23.5 Å². The summed E-state index contributed by atoms with van der Waals surface area (Å²) in [7, 11) is 1.29. The smallest absolute Gasteiger partial charge is 0.341 e. The summed E-state index contributed by atoms with van der Waals surface area (Å²) in [4.78, 5) is 29.2. The van der Waals surface area contributed by atoms with Gasteiger partial charge in [-0.2, -0.15) is 0 Å². The van der Waals surface area contributed by atoms with E-state index in [2.05, 4.69) is 4.98 Å². The summed E-state index contributed by atoms with van der Waals surface area (Å²) >= 11 is 0. The molecule has 0 saturated heterocycles. The third-order valence-corrected chi connectivity index (χ3v) is 4.61. The van der Waals surface area contributed by atoms with Crippen molar-refractivity contribution in [3.63, 3.8) is 0 Å². The van der Waals surface area contributed by atoms with Crippen LogP contribution in [0.5, 0.6) is 0 Å². The molecular formula is C20H17NO5. The lowest BCUT2D eigenvalue weighted by Crippen LogP contribution is -2.12. The molecule has 0 spiro atoms. The zero-order valence-corrected chi connectivity index (χ0v) is 14.3. The second-order valence-corrected chi connectivity index (χ2v) is 6.11. The number of para-hydroxylation sites is 1. The van der Waals surface area contributed by atoms with E-state index < -0.39 is 11.9 Å². The van der Waals surface area contributed by atoms with Crippen molar-refractivity contribution in [2.75, 3.05) is 7.11 Å². The molecule has 0 saturated carbocycles.